The average molecular weight is 334 g/mol. The van der Waals surface area contributed by atoms with Gasteiger partial charge in [-0.05, 0) is 12.1 Å². The molecule has 1 amide bonds. The van der Waals surface area contributed by atoms with Gasteiger partial charge in [0.25, 0.3) is 5.56 Å². The van der Waals surface area contributed by atoms with Crippen LogP contribution in [0.2, 0.25) is 0 Å². The Kier molecular flexibility index (Phi) is 5.61. The second kappa shape index (κ2) is 7.86. The van der Waals surface area contributed by atoms with Gasteiger partial charge in [-0.1, -0.05) is 0 Å². The molecule has 2 aromatic rings. The van der Waals surface area contributed by atoms with Crippen molar-refractivity contribution in [3.05, 3.63) is 39.8 Å². The molecule has 0 saturated carbocycles. The number of amides is 1. The van der Waals surface area contributed by atoms with Gasteiger partial charge in [-0.15, -0.1) is 0 Å². The third-order valence-electron chi connectivity index (χ3n) is 3.09. The smallest absolute Gasteiger partial charge is 0.264 e. The van der Waals surface area contributed by atoms with E-state index in [-0.39, 0.29) is 17.9 Å². The summed E-state index contributed by atoms with van der Waals surface area (Å²) in [5.41, 5.74) is 3.21. The quantitative estimate of drug-likeness (QED) is 0.501. The predicted octanol–water partition coefficient (Wildman–Crippen LogP) is 0.422. The van der Waals surface area contributed by atoms with Crippen molar-refractivity contribution in [1.29, 1.82) is 0 Å². The molecule has 128 valence electrons. The Balaban J connectivity index is 2.05. The lowest BCUT2D eigenvalue weighted by Crippen LogP contribution is -2.20. The van der Waals surface area contributed by atoms with Crippen molar-refractivity contribution < 1.29 is 19.0 Å². The number of nitrogens with one attached hydrogen (secondary N) is 3. The van der Waals surface area contributed by atoms with Crippen molar-refractivity contribution in [2.45, 2.75) is 6.42 Å². The van der Waals surface area contributed by atoms with Crippen LogP contribution in [0.25, 0.3) is 0 Å². The molecule has 3 N–H and O–H groups in total. The highest BCUT2D eigenvalue weighted by atomic mass is 16.5. The van der Waals surface area contributed by atoms with Crippen LogP contribution in [0.4, 0.5) is 0 Å². The number of aromatic nitrogens is 2. The highest BCUT2D eigenvalue weighted by Crippen LogP contribution is 2.37. The number of ether oxygens (including phenoxy) is 3. The van der Waals surface area contributed by atoms with Crippen molar-refractivity contribution >= 4 is 12.1 Å². The van der Waals surface area contributed by atoms with Crippen LogP contribution >= 0.6 is 0 Å². The molecule has 0 aliphatic rings. The van der Waals surface area contributed by atoms with E-state index in [9.17, 15) is 9.59 Å². The molecule has 9 heteroatoms. The summed E-state index contributed by atoms with van der Waals surface area (Å²) in [6.07, 6.45) is 1.45. The number of nitrogens with zero attached hydrogens (tertiary/aromatic N) is 1. The van der Waals surface area contributed by atoms with Crippen LogP contribution in [0.1, 0.15) is 11.3 Å². The second-order valence-electron chi connectivity index (χ2n) is 4.71. The maximum absolute atomic E-state index is 11.7. The zero-order chi connectivity index (χ0) is 17.5. The zero-order valence-corrected chi connectivity index (χ0v) is 13.5. The number of carbonyl (C=O) groups is 1. The van der Waals surface area contributed by atoms with Crippen LogP contribution in [0.15, 0.2) is 28.1 Å². The highest BCUT2D eigenvalue weighted by molar-refractivity contribution is 5.84. The molecule has 1 heterocycles. The zero-order valence-electron chi connectivity index (χ0n) is 13.5. The minimum atomic E-state index is -0.367. The fourth-order valence-electron chi connectivity index (χ4n) is 2.03. The maximum Gasteiger partial charge on any atom is 0.264 e. The van der Waals surface area contributed by atoms with Crippen molar-refractivity contribution in [2.75, 3.05) is 21.3 Å². The van der Waals surface area contributed by atoms with Gasteiger partial charge in [-0.25, -0.2) is 5.43 Å². The standard InChI is InChI=1S/C15H18N4O5/c1-22-11-4-9(5-12(23-2)15(11)24-3)8-16-18-13(20)6-10-7-14(21)19-17-10/h4-5,7-8H,6H2,1-3H3,(H,18,20)(H2,17,19,21)/b16-8+. The summed E-state index contributed by atoms with van der Waals surface area (Å²) in [7, 11) is 4.54. The van der Waals surface area contributed by atoms with Crippen molar-refractivity contribution in [3.63, 3.8) is 0 Å². The molecule has 0 unspecified atom stereocenters. The van der Waals surface area contributed by atoms with E-state index in [2.05, 4.69) is 20.7 Å². The van der Waals surface area contributed by atoms with Crippen LogP contribution in [0.3, 0.4) is 0 Å². The fraction of sp³-hybridized carbons (Fsp3) is 0.267. The minimum Gasteiger partial charge on any atom is -0.493 e. The molecule has 0 aliphatic carbocycles. The predicted molar refractivity (Wildman–Crippen MR) is 87.0 cm³/mol. The second-order valence-corrected chi connectivity index (χ2v) is 4.71. The van der Waals surface area contributed by atoms with Gasteiger partial charge in [0, 0.05) is 17.3 Å². The number of rotatable bonds is 7. The Morgan fingerprint density at radius 1 is 1.12 bits per heavy atom. The van der Waals surface area contributed by atoms with Gasteiger partial charge in [-0.2, -0.15) is 5.10 Å². The van der Waals surface area contributed by atoms with Crippen molar-refractivity contribution in [3.8, 4) is 17.2 Å². The van der Waals surface area contributed by atoms with E-state index in [1.165, 1.54) is 33.6 Å². The van der Waals surface area contributed by atoms with Gasteiger partial charge in [0.15, 0.2) is 11.5 Å². The summed E-state index contributed by atoms with van der Waals surface area (Å²) in [4.78, 5) is 22.7. The first-order chi connectivity index (χ1) is 11.6. The van der Waals surface area contributed by atoms with Crippen LogP contribution in [-0.2, 0) is 11.2 Å². The van der Waals surface area contributed by atoms with E-state index in [1.807, 2.05) is 0 Å². The normalized spacial score (nSPS) is 10.6. The summed E-state index contributed by atoms with van der Waals surface area (Å²) >= 11 is 0. The lowest BCUT2D eigenvalue weighted by atomic mass is 10.2. The van der Waals surface area contributed by atoms with Gasteiger partial charge < -0.3 is 19.3 Å². The molecule has 0 bridgehead atoms. The van der Waals surface area contributed by atoms with E-state index in [0.29, 0.717) is 28.5 Å². The average Bonchev–Trinajstić information content (AvgIpc) is 2.98. The summed E-state index contributed by atoms with van der Waals surface area (Å²) < 4.78 is 15.7. The van der Waals surface area contributed by atoms with Crippen LogP contribution in [0.5, 0.6) is 17.2 Å². The van der Waals surface area contributed by atoms with Gasteiger partial charge in [0.1, 0.15) is 0 Å². The first-order valence-electron chi connectivity index (χ1n) is 6.96. The van der Waals surface area contributed by atoms with E-state index < -0.39 is 0 Å². The number of aromatic amines is 2. The Morgan fingerprint density at radius 2 is 1.79 bits per heavy atom. The summed E-state index contributed by atoms with van der Waals surface area (Å²) in [6, 6.07) is 4.70. The Hall–Kier alpha value is -3.23. The van der Waals surface area contributed by atoms with Gasteiger partial charge in [0.2, 0.25) is 11.7 Å². The molecule has 2 rings (SSSR count). The topological polar surface area (TPSA) is 118 Å². The summed E-state index contributed by atoms with van der Waals surface area (Å²) in [5, 5.41) is 8.82. The molecule has 1 aromatic carbocycles. The first-order valence-corrected chi connectivity index (χ1v) is 6.96. The number of methoxy groups -OCH3 is 3. The molecular weight excluding hydrogens is 316 g/mol. The SMILES string of the molecule is COc1cc(/C=N/NC(=O)Cc2cc(=O)[nH][nH]2)cc(OC)c1OC. The van der Waals surface area contributed by atoms with Gasteiger partial charge in [-0.3, -0.25) is 14.7 Å². The lowest BCUT2D eigenvalue weighted by molar-refractivity contribution is -0.120. The van der Waals surface area contributed by atoms with Crippen molar-refractivity contribution in [2.24, 2.45) is 5.10 Å². The monoisotopic (exact) mass is 334 g/mol. The number of hydrogen-bond donors (Lipinski definition) is 3. The van der Waals surface area contributed by atoms with E-state index >= 15 is 0 Å². The molecule has 0 atom stereocenters. The Bertz CT molecular complexity index is 768. The van der Waals surface area contributed by atoms with E-state index in [0.717, 1.165) is 0 Å². The molecule has 0 radical (unpaired) electrons. The molecule has 0 spiro atoms. The summed E-state index contributed by atoms with van der Waals surface area (Å²) in [6.45, 7) is 0. The Labute approximate surface area is 137 Å². The van der Waals surface area contributed by atoms with Gasteiger partial charge in [0.05, 0.1) is 34.0 Å². The van der Waals surface area contributed by atoms with Crippen LogP contribution in [-0.4, -0.2) is 43.6 Å². The molecule has 9 nitrogen and oxygen atoms in total. The van der Waals surface area contributed by atoms with Crippen LogP contribution in [0, 0.1) is 0 Å². The summed E-state index contributed by atoms with van der Waals surface area (Å²) in [5.74, 6) is 1.07. The van der Waals surface area contributed by atoms with E-state index in [1.54, 1.807) is 12.1 Å². The van der Waals surface area contributed by atoms with Crippen LogP contribution < -0.4 is 25.2 Å². The largest absolute Gasteiger partial charge is 0.493 e. The molecular formula is C15H18N4O5. The third kappa shape index (κ3) is 4.15. The van der Waals surface area contributed by atoms with E-state index in [4.69, 9.17) is 14.2 Å². The molecule has 0 saturated heterocycles. The fourth-order valence-corrected chi connectivity index (χ4v) is 2.03. The first kappa shape index (κ1) is 17.1. The molecule has 1 aromatic heterocycles. The van der Waals surface area contributed by atoms with Crippen molar-refractivity contribution in [1.82, 2.24) is 15.6 Å². The Morgan fingerprint density at radius 3 is 2.29 bits per heavy atom. The number of hydrazone groups is 1. The molecule has 24 heavy (non-hydrogen) atoms. The van der Waals surface area contributed by atoms with Gasteiger partial charge >= 0.3 is 0 Å². The number of H-pyrrole nitrogens is 2. The number of hydrogen-bond acceptors (Lipinski definition) is 6. The lowest BCUT2D eigenvalue weighted by Gasteiger charge is -2.12. The number of benzene rings is 1. The minimum absolute atomic E-state index is 0.00529. The third-order valence-corrected chi connectivity index (χ3v) is 3.09. The highest BCUT2D eigenvalue weighted by Gasteiger charge is 2.12. The molecule has 0 aliphatic heterocycles. The molecule has 0 fully saturated rings. The maximum atomic E-state index is 11.7. The number of carbonyl (C=O) groups excluding carboxylic acids is 1.